The molecule has 0 aliphatic carbocycles. The Labute approximate surface area is 152 Å². The van der Waals surface area contributed by atoms with E-state index in [9.17, 15) is 4.79 Å². The van der Waals surface area contributed by atoms with Crippen LogP contribution in [0.1, 0.15) is 27.6 Å². The molecule has 0 fully saturated rings. The minimum absolute atomic E-state index is 0.116. The molecule has 1 amide bonds. The van der Waals surface area contributed by atoms with Gasteiger partial charge in [-0.1, -0.05) is 12.1 Å². The quantitative estimate of drug-likeness (QED) is 0.712. The maximum absolute atomic E-state index is 12.4. The second-order valence-corrected chi connectivity index (χ2v) is 6.07. The number of hydrogen-bond donors (Lipinski definition) is 2. The molecule has 2 N–H and O–H groups in total. The van der Waals surface area contributed by atoms with E-state index in [-0.39, 0.29) is 5.91 Å². The average Bonchev–Trinajstić information content (AvgIpc) is 3.06. The smallest absolute Gasteiger partial charge is 0.251 e. The summed E-state index contributed by atoms with van der Waals surface area (Å²) in [5, 5.41) is 5.88. The summed E-state index contributed by atoms with van der Waals surface area (Å²) in [7, 11) is 1.78. The molecule has 0 saturated carbocycles. The van der Waals surface area contributed by atoms with Crippen molar-refractivity contribution in [1.82, 2.24) is 15.3 Å². The fraction of sp³-hybridized carbons (Fsp3) is 0.250. The summed E-state index contributed by atoms with van der Waals surface area (Å²) in [5.41, 5.74) is 3.12. The van der Waals surface area contributed by atoms with Crippen molar-refractivity contribution in [3.63, 3.8) is 0 Å². The highest BCUT2D eigenvalue weighted by atomic mass is 16.3. The molecule has 6 nitrogen and oxygen atoms in total. The van der Waals surface area contributed by atoms with Gasteiger partial charge in [0.05, 0.1) is 5.69 Å². The highest BCUT2D eigenvalue weighted by Crippen LogP contribution is 2.20. The van der Waals surface area contributed by atoms with Gasteiger partial charge < -0.3 is 15.1 Å². The summed E-state index contributed by atoms with van der Waals surface area (Å²) in [6, 6.07) is 13.2. The van der Waals surface area contributed by atoms with Crippen LogP contribution < -0.4 is 10.6 Å². The van der Waals surface area contributed by atoms with Gasteiger partial charge in [0.15, 0.2) is 0 Å². The molecule has 0 bridgehead atoms. The van der Waals surface area contributed by atoms with Crippen LogP contribution in [0.3, 0.4) is 0 Å². The number of aromatic nitrogens is 2. The Balaban J connectivity index is 1.70. The number of furan rings is 1. The van der Waals surface area contributed by atoms with Gasteiger partial charge in [0, 0.05) is 36.8 Å². The van der Waals surface area contributed by atoms with Crippen molar-refractivity contribution in [1.29, 1.82) is 0 Å². The Bertz CT molecular complexity index is 918. The Morgan fingerprint density at radius 1 is 1.12 bits per heavy atom. The van der Waals surface area contributed by atoms with E-state index in [0.29, 0.717) is 24.5 Å². The molecule has 1 aromatic carbocycles. The molecule has 0 atom stereocenters. The zero-order chi connectivity index (χ0) is 18.5. The lowest BCUT2D eigenvalue weighted by molar-refractivity contribution is 0.0953. The number of benzene rings is 1. The van der Waals surface area contributed by atoms with E-state index >= 15 is 0 Å². The van der Waals surface area contributed by atoms with Gasteiger partial charge in [-0.05, 0) is 44.2 Å². The largest absolute Gasteiger partial charge is 0.466 e. The van der Waals surface area contributed by atoms with Crippen LogP contribution in [0, 0.1) is 13.8 Å². The summed E-state index contributed by atoms with van der Waals surface area (Å²) in [6.45, 7) is 4.34. The maximum Gasteiger partial charge on any atom is 0.251 e. The van der Waals surface area contributed by atoms with Crippen molar-refractivity contribution in [2.75, 3.05) is 18.9 Å². The number of carbonyl (C=O) groups is 1. The van der Waals surface area contributed by atoms with Gasteiger partial charge in [-0.25, -0.2) is 9.97 Å². The molecule has 0 radical (unpaired) electrons. The summed E-state index contributed by atoms with van der Waals surface area (Å²) in [6.07, 6.45) is 0.663. The Kier molecular flexibility index (Phi) is 5.31. The average molecular weight is 350 g/mol. The van der Waals surface area contributed by atoms with Crippen LogP contribution in [-0.4, -0.2) is 29.5 Å². The third-order valence-corrected chi connectivity index (χ3v) is 3.95. The summed E-state index contributed by atoms with van der Waals surface area (Å²) in [4.78, 5) is 21.2. The first-order valence-corrected chi connectivity index (χ1v) is 8.52. The standard InChI is InChI=1S/C20H22N4O2/c1-13-11-18(24-20(21-3)23-13)15-5-4-6-16(12-15)19(25)22-10-9-17-8-7-14(2)26-17/h4-8,11-12H,9-10H2,1-3H3,(H,22,25)(H,21,23,24). The third kappa shape index (κ3) is 4.27. The van der Waals surface area contributed by atoms with Gasteiger partial charge in [-0.15, -0.1) is 0 Å². The molecule has 0 spiro atoms. The number of anilines is 1. The summed E-state index contributed by atoms with van der Waals surface area (Å²) < 4.78 is 5.51. The Morgan fingerprint density at radius 2 is 1.96 bits per heavy atom. The maximum atomic E-state index is 12.4. The minimum atomic E-state index is -0.116. The van der Waals surface area contributed by atoms with Crippen LogP contribution in [0.25, 0.3) is 11.3 Å². The molecule has 0 unspecified atom stereocenters. The molecule has 0 aliphatic rings. The highest BCUT2D eigenvalue weighted by molar-refractivity contribution is 5.95. The first-order valence-electron chi connectivity index (χ1n) is 8.52. The molecule has 0 aliphatic heterocycles. The lowest BCUT2D eigenvalue weighted by Gasteiger charge is -2.08. The number of hydrogen-bond acceptors (Lipinski definition) is 5. The van der Waals surface area contributed by atoms with Crippen molar-refractivity contribution >= 4 is 11.9 Å². The minimum Gasteiger partial charge on any atom is -0.466 e. The normalized spacial score (nSPS) is 10.6. The molecule has 3 aromatic rings. The molecule has 6 heteroatoms. The molecule has 2 aromatic heterocycles. The Morgan fingerprint density at radius 3 is 2.69 bits per heavy atom. The molecule has 2 heterocycles. The van der Waals surface area contributed by atoms with Crippen molar-refractivity contribution in [3.8, 4) is 11.3 Å². The predicted octanol–water partition coefficient (Wildman–Crippen LogP) is 3.37. The van der Waals surface area contributed by atoms with Crippen LogP contribution in [0.4, 0.5) is 5.95 Å². The van der Waals surface area contributed by atoms with Crippen molar-refractivity contribution < 1.29 is 9.21 Å². The van der Waals surface area contributed by atoms with E-state index in [1.54, 1.807) is 13.1 Å². The van der Waals surface area contributed by atoms with E-state index < -0.39 is 0 Å². The van der Waals surface area contributed by atoms with Crippen LogP contribution in [-0.2, 0) is 6.42 Å². The predicted molar refractivity (Wildman–Crippen MR) is 101 cm³/mol. The van der Waals surface area contributed by atoms with Crippen molar-refractivity contribution in [3.05, 3.63) is 65.2 Å². The zero-order valence-electron chi connectivity index (χ0n) is 15.2. The summed E-state index contributed by atoms with van der Waals surface area (Å²) >= 11 is 0. The van der Waals surface area contributed by atoms with Gasteiger partial charge in [-0.2, -0.15) is 0 Å². The van der Waals surface area contributed by atoms with E-state index in [1.807, 2.05) is 50.2 Å². The fourth-order valence-electron chi connectivity index (χ4n) is 2.67. The van der Waals surface area contributed by atoms with E-state index in [4.69, 9.17) is 4.42 Å². The van der Waals surface area contributed by atoms with Crippen LogP contribution >= 0.6 is 0 Å². The van der Waals surface area contributed by atoms with Crippen LogP contribution in [0.5, 0.6) is 0 Å². The zero-order valence-corrected chi connectivity index (χ0v) is 15.2. The summed E-state index contributed by atoms with van der Waals surface area (Å²) in [5.74, 6) is 2.19. The first-order chi connectivity index (χ1) is 12.5. The lowest BCUT2D eigenvalue weighted by atomic mass is 10.1. The number of nitrogens with one attached hydrogen (secondary N) is 2. The highest BCUT2D eigenvalue weighted by Gasteiger charge is 2.09. The van der Waals surface area contributed by atoms with Gasteiger partial charge in [0.2, 0.25) is 5.95 Å². The number of amides is 1. The second kappa shape index (κ2) is 7.82. The monoisotopic (exact) mass is 350 g/mol. The van der Waals surface area contributed by atoms with Gasteiger partial charge in [-0.3, -0.25) is 4.79 Å². The van der Waals surface area contributed by atoms with Crippen molar-refractivity contribution in [2.24, 2.45) is 0 Å². The Hall–Kier alpha value is -3.15. The molecule has 134 valence electrons. The van der Waals surface area contributed by atoms with Gasteiger partial charge in [0.25, 0.3) is 5.91 Å². The second-order valence-electron chi connectivity index (χ2n) is 6.07. The molecule has 3 rings (SSSR count). The van der Waals surface area contributed by atoms with Crippen LogP contribution in [0.2, 0.25) is 0 Å². The van der Waals surface area contributed by atoms with E-state index in [1.165, 1.54) is 0 Å². The number of rotatable bonds is 6. The molecular formula is C20H22N4O2. The molecular weight excluding hydrogens is 328 g/mol. The third-order valence-electron chi connectivity index (χ3n) is 3.95. The van der Waals surface area contributed by atoms with Crippen LogP contribution in [0.15, 0.2) is 46.9 Å². The number of aryl methyl sites for hydroxylation is 2. The molecule has 26 heavy (non-hydrogen) atoms. The topological polar surface area (TPSA) is 80.0 Å². The van der Waals surface area contributed by atoms with E-state index in [0.717, 1.165) is 28.5 Å². The van der Waals surface area contributed by atoms with E-state index in [2.05, 4.69) is 20.6 Å². The fourth-order valence-corrected chi connectivity index (χ4v) is 2.67. The van der Waals surface area contributed by atoms with Gasteiger partial charge in [0.1, 0.15) is 11.5 Å². The molecule has 0 saturated heterocycles. The lowest BCUT2D eigenvalue weighted by Crippen LogP contribution is -2.25. The first kappa shape index (κ1) is 17.7. The SMILES string of the molecule is CNc1nc(C)cc(-c2cccc(C(=O)NCCc3ccc(C)o3)c2)n1. The number of carbonyl (C=O) groups excluding carboxylic acids is 1. The van der Waals surface area contributed by atoms with Crippen molar-refractivity contribution in [2.45, 2.75) is 20.3 Å². The van der Waals surface area contributed by atoms with Gasteiger partial charge >= 0.3 is 0 Å². The number of nitrogens with zero attached hydrogens (tertiary/aromatic N) is 2.